The van der Waals surface area contributed by atoms with E-state index in [4.69, 9.17) is 24.5 Å². The Labute approximate surface area is 477 Å². The highest BCUT2D eigenvalue weighted by Gasteiger charge is 2.28. The first-order chi connectivity index (χ1) is 39.3. The Balaban J connectivity index is 0.000000179. The van der Waals surface area contributed by atoms with Crippen molar-refractivity contribution in [3.05, 3.63) is 179 Å². The molecule has 6 N–H and O–H groups in total. The first-order valence-electron chi connectivity index (χ1n) is 25.9. The predicted molar refractivity (Wildman–Crippen MR) is 317 cm³/mol. The van der Waals surface area contributed by atoms with Gasteiger partial charge >= 0.3 is 11.1 Å². The van der Waals surface area contributed by atoms with Crippen molar-refractivity contribution >= 4 is 57.4 Å². The molecule has 0 fully saturated rings. The number of azo groups is 3. The summed E-state index contributed by atoms with van der Waals surface area (Å²) in [5.41, 5.74) is 4.01. The van der Waals surface area contributed by atoms with Crippen molar-refractivity contribution in [3.8, 4) is 22.9 Å². The van der Waals surface area contributed by atoms with Crippen LogP contribution >= 0.6 is 0 Å². The van der Waals surface area contributed by atoms with Crippen LogP contribution in [-0.4, -0.2) is 81.1 Å². The molecule has 0 radical (unpaired) electrons. The third-order valence-corrected chi connectivity index (χ3v) is 12.3. The summed E-state index contributed by atoms with van der Waals surface area (Å²) >= 11 is 0. The Kier molecular flexibility index (Phi) is 17.8. The molecule has 0 amide bonds. The van der Waals surface area contributed by atoms with Gasteiger partial charge in [0.2, 0.25) is 29.0 Å². The lowest BCUT2D eigenvalue weighted by molar-refractivity contribution is 0.395. The van der Waals surface area contributed by atoms with Crippen LogP contribution in [0.4, 0.5) is 57.4 Å². The Bertz CT molecular complexity index is 4130. The standard InChI is InChI=1S/C20H23N7O.C19H22N8O.C18H19N7O2/c1-12(2)14-15(21-6)18(24-22-14)25-23-16-17(20(3,4)5)26-27(19(16)28)13-10-8-7-9-11-13;1-19(2,3)15-13(20-4)16(24-22-15)23-21-14-17(26(5)6)25-27(18(14)28)12-10-8-7-9-11-12;1-18(2,3)14-12(19-4)15(23-21-14)22-20-13-16(27-5)24-25(17(13)26)11-9-7-6-8-10-11/h7-12,26H,1-5H3,(H,22,24);7-11,25H,1-3,5-6H3,(H,22,24);6-10,24H,1-3,5H3,(H,21,23). The lowest BCUT2D eigenvalue weighted by atomic mass is 9.91. The van der Waals surface area contributed by atoms with Gasteiger partial charge in [0.05, 0.1) is 49.6 Å². The number of anilines is 1. The number of aromatic nitrogens is 12. The number of rotatable bonds is 12. The molecule has 0 saturated heterocycles. The van der Waals surface area contributed by atoms with Crippen LogP contribution < -0.4 is 26.3 Å². The van der Waals surface area contributed by atoms with E-state index in [9.17, 15) is 14.4 Å². The topological polar surface area (TPSA) is 299 Å². The normalized spacial score (nSPS) is 11.8. The molecule has 26 nitrogen and oxygen atoms in total. The zero-order valence-corrected chi connectivity index (χ0v) is 48.5. The van der Waals surface area contributed by atoms with Gasteiger partial charge in [-0.1, -0.05) is 131 Å². The SMILES string of the molecule is [C-]#[N+]c1c(N=Nc2c(C(C)(C)C)[nH]n(-c3ccccc3)c2=O)n[nH]c1C(C)C.[C-]#[N+]c1c(N=Nc2c(N(C)C)[nH]n(-c3ccccc3)c2=O)n[nH]c1C(C)(C)C.[C-]#[N+]c1c(N=Nc2c(OC)[nH]n(-c3ccccc3)c2=O)n[nH]c1C(C)(C)C. The van der Waals surface area contributed by atoms with Crippen LogP contribution in [-0.2, 0) is 16.2 Å². The van der Waals surface area contributed by atoms with E-state index < -0.39 is 5.56 Å². The minimum atomic E-state index is -0.419. The van der Waals surface area contributed by atoms with E-state index in [0.29, 0.717) is 57.0 Å². The van der Waals surface area contributed by atoms with E-state index in [1.807, 2.05) is 155 Å². The lowest BCUT2D eigenvalue weighted by Gasteiger charge is -2.16. The number of aromatic amines is 6. The molecule has 0 unspecified atom stereocenters. The van der Waals surface area contributed by atoms with Gasteiger partial charge in [-0.15, -0.1) is 30.7 Å². The maximum absolute atomic E-state index is 13.0. The van der Waals surface area contributed by atoms with Crippen molar-refractivity contribution < 1.29 is 4.74 Å². The second-order valence-electron chi connectivity index (χ2n) is 22.2. The van der Waals surface area contributed by atoms with Gasteiger partial charge in [-0.25, -0.2) is 28.6 Å². The minimum absolute atomic E-state index is 0.00223. The Morgan fingerprint density at radius 1 is 0.494 bits per heavy atom. The fourth-order valence-corrected chi connectivity index (χ4v) is 8.04. The molecule has 0 atom stereocenters. The average Bonchev–Trinajstić information content (AvgIpc) is 4.44. The molecule has 0 aliphatic rings. The summed E-state index contributed by atoms with van der Waals surface area (Å²) < 4.78 is 9.39. The van der Waals surface area contributed by atoms with Crippen LogP contribution in [0.3, 0.4) is 0 Å². The number of benzene rings is 3. The fraction of sp³-hybridized carbons (Fsp3) is 0.316. The van der Waals surface area contributed by atoms with Gasteiger partial charge in [-0.2, -0.15) is 15.3 Å². The van der Waals surface area contributed by atoms with Gasteiger partial charge in [-0.3, -0.25) is 45.0 Å². The Hall–Kier alpha value is -10.8. The summed E-state index contributed by atoms with van der Waals surface area (Å²) in [5.74, 6) is 1.26. The van der Waals surface area contributed by atoms with E-state index >= 15 is 0 Å². The minimum Gasteiger partial charge on any atom is -0.480 e. The number of hydrogen-bond donors (Lipinski definition) is 6. The van der Waals surface area contributed by atoms with Crippen molar-refractivity contribution in [2.75, 3.05) is 26.1 Å². The first-order valence-corrected chi connectivity index (χ1v) is 25.9. The summed E-state index contributed by atoms with van der Waals surface area (Å²) in [5, 5.41) is 54.4. The molecule has 6 aromatic heterocycles. The van der Waals surface area contributed by atoms with Gasteiger partial charge in [-0.05, 0) is 53.1 Å². The fourth-order valence-electron chi connectivity index (χ4n) is 8.04. The van der Waals surface area contributed by atoms with Crippen LogP contribution in [0.15, 0.2) is 136 Å². The highest BCUT2D eigenvalue weighted by Crippen LogP contribution is 2.40. The molecular formula is C57H64N22O4. The number of hydrogen-bond acceptors (Lipinski definition) is 14. The smallest absolute Gasteiger partial charge is 0.303 e. The highest BCUT2D eigenvalue weighted by atomic mass is 16.5. The van der Waals surface area contributed by atoms with E-state index in [1.165, 1.54) is 21.2 Å². The summed E-state index contributed by atoms with van der Waals surface area (Å²) in [7, 11) is 5.03. The van der Waals surface area contributed by atoms with Crippen molar-refractivity contribution in [1.82, 2.24) is 59.9 Å². The lowest BCUT2D eigenvalue weighted by Crippen LogP contribution is -2.14. The molecule has 6 heterocycles. The molecule has 0 aliphatic heterocycles. The number of nitrogens with zero attached hydrogens (tertiary/aromatic N) is 16. The van der Waals surface area contributed by atoms with Crippen LogP contribution in [0.25, 0.3) is 31.6 Å². The predicted octanol–water partition coefficient (Wildman–Crippen LogP) is 13.7. The summed E-state index contributed by atoms with van der Waals surface area (Å²) in [6.07, 6.45) is 0. The van der Waals surface area contributed by atoms with Crippen molar-refractivity contribution in [3.63, 3.8) is 0 Å². The highest BCUT2D eigenvalue weighted by molar-refractivity contribution is 5.69. The van der Waals surface area contributed by atoms with E-state index in [2.05, 4.69) is 91.1 Å². The number of nitrogens with one attached hydrogen (secondary N) is 6. The molecule has 0 aliphatic carbocycles. The maximum Gasteiger partial charge on any atom is 0.303 e. The molecule has 0 bridgehead atoms. The van der Waals surface area contributed by atoms with Crippen molar-refractivity contribution in [1.29, 1.82) is 0 Å². The number of methoxy groups -OCH3 is 1. The zero-order chi connectivity index (χ0) is 60.6. The molecule has 0 spiro atoms. The Morgan fingerprint density at radius 3 is 1.25 bits per heavy atom. The van der Waals surface area contributed by atoms with E-state index in [0.717, 1.165) is 0 Å². The van der Waals surface area contributed by atoms with Gasteiger partial charge in [0, 0.05) is 36.6 Å². The molecule has 426 valence electrons. The number of ether oxygens (including phenoxy) is 1. The molecule has 9 aromatic rings. The Morgan fingerprint density at radius 2 is 0.855 bits per heavy atom. The van der Waals surface area contributed by atoms with Crippen molar-refractivity contribution in [2.45, 2.75) is 98.3 Å². The van der Waals surface area contributed by atoms with E-state index in [-0.39, 0.29) is 79.4 Å². The van der Waals surface area contributed by atoms with E-state index in [1.54, 1.807) is 31.1 Å². The van der Waals surface area contributed by atoms with Crippen LogP contribution in [0.5, 0.6) is 5.88 Å². The third-order valence-electron chi connectivity index (χ3n) is 12.3. The van der Waals surface area contributed by atoms with Crippen molar-refractivity contribution in [2.24, 2.45) is 30.7 Å². The molecule has 0 saturated carbocycles. The summed E-state index contributed by atoms with van der Waals surface area (Å²) in [6.45, 7) is 44.0. The van der Waals surface area contributed by atoms with Gasteiger partial charge < -0.3 is 9.64 Å². The van der Waals surface area contributed by atoms with Gasteiger partial charge in [0.25, 0.3) is 22.6 Å². The van der Waals surface area contributed by atoms with Gasteiger partial charge in [0.1, 0.15) is 0 Å². The number of para-hydroxylation sites is 3. The monoisotopic (exact) mass is 1120 g/mol. The second-order valence-corrected chi connectivity index (χ2v) is 22.2. The molecule has 9 rings (SSSR count). The molecule has 3 aromatic carbocycles. The quantitative estimate of drug-likeness (QED) is 0.0503. The second kappa shape index (κ2) is 24.7. The van der Waals surface area contributed by atoms with Crippen LogP contribution in [0.2, 0.25) is 0 Å². The maximum atomic E-state index is 13.0. The zero-order valence-electron chi connectivity index (χ0n) is 48.5. The molecule has 26 heteroatoms. The summed E-state index contributed by atoms with van der Waals surface area (Å²) in [4.78, 5) is 50.9. The van der Waals surface area contributed by atoms with Gasteiger partial charge in [0.15, 0.2) is 17.2 Å². The molecule has 83 heavy (non-hydrogen) atoms. The largest absolute Gasteiger partial charge is 0.480 e. The van der Waals surface area contributed by atoms with Crippen LogP contribution in [0, 0.1) is 19.7 Å². The summed E-state index contributed by atoms with van der Waals surface area (Å²) in [6, 6.07) is 27.5. The molecular weight excluding hydrogens is 1060 g/mol. The number of H-pyrrole nitrogens is 6. The average molecular weight is 1120 g/mol. The van der Waals surface area contributed by atoms with Crippen LogP contribution in [0.1, 0.15) is 105 Å². The first kappa shape index (κ1) is 59.8. The third kappa shape index (κ3) is 13.1.